The van der Waals surface area contributed by atoms with E-state index in [1.165, 1.54) is 30.7 Å². The molecule has 7 heteroatoms. The summed E-state index contributed by atoms with van der Waals surface area (Å²) in [6.07, 6.45) is 0. The number of Topliss-reactive ketones (excluding diaryl/α,β-unsaturated/α-hetero) is 1. The Morgan fingerprint density at radius 2 is 2.05 bits per heavy atom. The second kappa shape index (κ2) is 6.17. The molecule has 0 saturated carbocycles. The van der Waals surface area contributed by atoms with Gasteiger partial charge in [0.25, 0.3) is 0 Å². The number of amides is 1. The van der Waals surface area contributed by atoms with Crippen molar-refractivity contribution in [3.05, 3.63) is 5.88 Å². The van der Waals surface area contributed by atoms with E-state index in [4.69, 9.17) is 0 Å². The number of thiol groups is 1. The molecule has 0 aromatic carbocycles. The fourth-order valence-electron chi connectivity index (χ4n) is 1.83. The Kier molecular flexibility index (Phi) is 5.32. The maximum atomic E-state index is 12.5. The minimum absolute atomic E-state index is 0.178. The summed E-state index contributed by atoms with van der Waals surface area (Å²) in [5.41, 5.74) is -0.984. The zero-order valence-corrected chi connectivity index (χ0v) is 13.1. The molecule has 0 bridgehead atoms. The molecule has 1 saturated heterocycles. The van der Waals surface area contributed by atoms with Crippen LogP contribution in [0.4, 0.5) is 0 Å². The van der Waals surface area contributed by atoms with Crippen LogP contribution in [0.1, 0.15) is 20.8 Å². The third-order valence-corrected chi connectivity index (χ3v) is 5.00. The average Bonchev–Trinajstić information content (AvgIpc) is 2.84. The summed E-state index contributed by atoms with van der Waals surface area (Å²) < 4.78 is 4.68. The fraction of sp³-hybridized carbons (Fsp3) is 0.667. The quantitative estimate of drug-likeness (QED) is 0.623. The lowest BCUT2D eigenvalue weighted by Crippen LogP contribution is -2.50. The van der Waals surface area contributed by atoms with Gasteiger partial charge in [0.2, 0.25) is 5.91 Å². The highest BCUT2D eigenvalue weighted by Crippen LogP contribution is 2.35. The molecule has 1 radical (unpaired) electrons. The number of hydrogen-bond acceptors (Lipinski definition) is 6. The largest absolute Gasteiger partial charge is 0.467 e. The third kappa shape index (κ3) is 3.25. The van der Waals surface area contributed by atoms with Crippen LogP contribution in [-0.4, -0.2) is 46.7 Å². The number of thioether (sulfide) groups is 1. The van der Waals surface area contributed by atoms with Crippen molar-refractivity contribution in [3.8, 4) is 0 Å². The molecule has 1 heterocycles. The summed E-state index contributed by atoms with van der Waals surface area (Å²) in [6, 6.07) is -0.630. The molecule has 107 valence electrons. The van der Waals surface area contributed by atoms with Gasteiger partial charge in [-0.3, -0.25) is 9.59 Å². The van der Waals surface area contributed by atoms with Crippen molar-refractivity contribution in [2.24, 2.45) is 5.41 Å². The highest BCUT2D eigenvalue weighted by molar-refractivity contribution is 8.01. The maximum Gasteiger partial charge on any atom is 0.329 e. The van der Waals surface area contributed by atoms with Crippen molar-refractivity contribution in [2.45, 2.75) is 32.1 Å². The molecular weight excluding hydrogens is 286 g/mol. The van der Waals surface area contributed by atoms with Gasteiger partial charge in [-0.1, -0.05) is 0 Å². The van der Waals surface area contributed by atoms with Crippen LogP contribution < -0.4 is 0 Å². The van der Waals surface area contributed by atoms with Crippen molar-refractivity contribution in [3.63, 3.8) is 0 Å². The normalized spacial score (nSPS) is 21.1. The van der Waals surface area contributed by atoms with Gasteiger partial charge in [0, 0.05) is 5.75 Å². The molecule has 1 aliphatic heterocycles. The lowest BCUT2D eigenvalue weighted by Gasteiger charge is -2.33. The average molecular weight is 304 g/mol. The number of hydrogen-bond donors (Lipinski definition) is 1. The Morgan fingerprint density at radius 1 is 1.47 bits per heavy atom. The van der Waals surface area contributed by atoms with E-state index in [0.717, 1.165) is 0 Å². The van der Waals surface area contributed by atoms with Gasteiger partial charge < -0.3 is 9.64 Å². The summed E-state index contributed by atoms with van der Waals surface area (Å²) in [4.78, 5) is 36.9. The molecule has 19 heavy (non-hydrogen) atoms. The van der Waals surface area contributed by atoms with E-state index in [2.05, 4.69) is 17.4 Å². The topological polar surface area (TPSA) is 63.7 Å². The van der Waals surface area contributed by atoms with Crippen LogP contribution in [0.25, 0.3) is 0 Å². The van der Waals surface area contributed by atoms with Gasteiger partial charge in [0.1, 0.15) is 17.7 Å². The number of ketones is 1. The number of methoxy groups -OCH3 is 1. The molecule has 2 unspecified atom stereocenters. The number of ether oxygens (including phenoxy) is 1. The lowest BCUT2D eigenvalue weighted by atomic mass is 9.85. The van der Waals surface area contributed by atoms with Crippen LogP contribution in [0.2, 0.25) is 0 Å². The van der Waals surface area contributed by atoms with Crippen molar-refractivity contribution in [1.82, 2.24) is 4.90 Å². The highest BCUT2D eigenvalue weighted by Gasteiger charge is 2.45. The molecule has 2 atom stereocenters. The van der Waals surface area contributed by atoms with E-state index >= 15 is 0 Å². The molecule has 5 nitrogen and oxygen atoms in total. The van der Waals surface area contributed by atoms with Gasteiger partial charge >= 0.3 is 5.97 Å². The van der Waals surface area contributed by atoms with Gasteiger partial charge in [0.05, 0.1) is 17.8 Å². The first-order chi connectivity index (χ1) is 8.73. The van der Waals surface area contributed by atoms with Crippen molar-refractivity contribution < 1.29 is 19.1 Å². The number of nitrogens with zero attached hydrogens (tertiary/aromatic N) is 1. The van der Waals surface area contributed by atoms with Crippen LogP contribution in [0.15, 0.2) is 0 Å². The molecule has 0 spiro atoms. The SMILES string of the molecule is COC(=O)C1CS[CH]N1C(=O)C(C)(C)C(S)C(C)=O. The molecule has 0 aromatic heterocycles. The number of carbonyl (C=O) groups is 3. The van der Waals surface area contributed by atoms with Gasteiger partial charge in [-0.15, -0.1) is 11.8 Å². The fourth-order valence-corrected chi connectivity index (χ4v) is 2.91. The Labute approximate surface area is 122 Å². The van der Waals surface area contributed by atoms with E-state index < -0.39 is 22.7 Å². The van der Waals surface area contributed by atoms with E-state index in [9.17, 15) is 14.4 Å². The molecule has 1 aliphatic rings. The molecular formula is C12H18NO4S2. The van der Waals surface area contributed by atoms with Gasteiger partial charge in [-0.05, 0) is 20.8 Å². The van der Waals surface area contributed by atoms with Crippen molar-refractivity contribution >= 4 is 42.1 Å². The van der Waals surface area contributed by atoms with Crippen LogP contribution in [0.5, 0.6) is 0 Å². The first-order valence-corrected chi connectivity index (χ1v) is 7.34. The molecule has 0 N–H and O–H groups in total. The zero-order chi connectivity index (χ0) is 14.8. The number of carbonyl (C=O) groups excluding carboxylic acids is 3. The molecule has 0 aliphatic carbocycles. The van der Waals surface area contributed by atoms with Gasteiger partial charge in [-0.2, -0.15) is 12.6 Å². The van der Waals surface area contributed by atoms with Gasteiger partial charge in [0.15, 0.2) is 0 Å². The standard InChI is InChI=1S/C12H18NO4S2/c1-7(14)9(18)12(2,3)11(16)13-6-19-5-8(13)10(15)17-4/h6,8-9,18H,5H2,1-4H3. The Hall–Kier alpha value is -0.690. The number of esters is 1. The summed E-state index contributed by atoms with van der Waals surface area (Å²) >= 11 is 5.58. The van der Waals surface area contributed by atoms with Crippen LogP contribution in [0, 0.1) is 11.3 Å². The Balaban J connectivity index is 2.92. The first kappa shape index (κ1) is 16.4. The third-order valence-electron chi connectivity index (χ3n) is 3.11. The molecule has 1 rings (SSSR count). The smallest absolute Gasteiger partial charge is 0.329 e. The molecule has 1 fully saturated rings. The second-order valence-corrected chi connectivity index (χ2v) is 6.32. The van der Waals surface area contributed by atoms with Crippen LogP contribution in [0.3, 0.4) is 0 Å². The van der Waals surface area contributed by atoms with Crippen LogP contribution >= 0.6 is 24.4 Å². The predicted octanol–water partition coefficient (Wildman–Crippen LogP) is 1.14. The Bertz CT molecular complexity index is 397. The lowest BCUT2D eigenvalue weighted by molar-refractivity contribution is -0.153. The summed E-state index contributed by atoms with van der Waals surface area (Å²) in [5, 5.41) is -0.711. The number of rotatable bonds is 4. The summed E-state index contributed by atoms with van der Waals surface area (Å²) in [6.45, 7) is 4.70. The maximum absolute atomic E-state index is 12.5. The predicted molar refractivity (Wildman–Crippen MR) is 76.6 cm³/mol. The minimum Gasteiger partial charge on any atom is -0.467 e. The molecule has 1 amide bonds. The second-order valence-electron chi connectivity index (χ2n) is 4.92. The van der Waals surface area contributed by atoms with Crippen molar-refractivity contribution in [1.29, 1.82) is 0 Å². The summed E-state index contributed by atoms with van der Waals surface area (Å²) in [5.74, 6) is 1.13. The van der Waals surface area contributed by atoms with E-state index in [1.54, 1.807) is 19.7 Å². The van der Waals surface area contributed by atoms with Gasteiger partial charge in [-0.25, -0.2) is 4.79 Å². The van der Waals surface area contributed by atoms with Crippen LogP contribution in [-0.2, 0) is 19.1 Å². The minimum atomic E-state index is -0.984. The Morgan fingerprint density at radius 3 is 2.53 bits per heavy atom. The van der Waals surface area contributed by atoms with E-state index in [-0.39, 0.29) is 11.7 Å². The van der Waals surface area contributed by atoms with Crippen molar-refractivity contribution in [2.75, 3.05) is 12.9 Å². The zero-order valence-electron chi connectivity index (χ0n) is 11.4. The molecule has 0 aromatic rings. The van der Waals surface area contributed by atoms with E-state index in [1.807, 2.05) is 0 Å². The summed E-state index contributed by atoms with van der Waals surface area (Å²) in [7, 11) is 1.29. The monoisotopic (exact) mass is 304 g/mol. The first-order valence-electron chi connectivity index (χ1n) is 5.77. The highest BCUT2D eigenvalue weighted by atomic mass is 32.2. The van der Waals surface area contributed by atoms with E-state index in [0.29, 0.717) is 5.75 Å².